The summed E-state index contributed by atoms with van der Waals surface area (Å²) in [7, 11) is 0. The molecule has 0 radical (unpaired) electrons. The molecule has 1 saturated carbocycles. The van der Waals surface area contributed by atoms with Crippen LogP contribution in [-0.2, 0) is 14.3 Å². The smallest absolute Gasteiger partial charge is 0.239 e. The Morgan fingerprint density at radius 3 is 2.22 bits per heavy atom. The monoisotopic (exact) mass is 424 g/mol. The van der Waals surface area contributed by atoms with E-state index in [0.717, 1.165) is 32.4 Å². The molecule has 3 aliphatic rings. The van der Waals surface area contributed by atoms with Crippen LogP contribution in [0.2, 0.25) is 0 Å². The highest BCUT2D eigenvalue weighted by molar-refractivity contribution is 5.85. The lowest BCUT2D eigenvalue weighted by atomic mass is 9.94. The van der Waals surface area contributed by atoms with E-state index in [9.17, 15) is 9.59 Å². The number of piperazine rings is 1. The number of nitrogens with two attached hydrogens (primary N) is 1. The van der Waals surface area contributed by atoms with Gasteiger partial charge in [0, 0.05) is 45.2 Å². The first-order chi connectivity index (χ1) is 12.1. The third-order valence-corrected chi connectivity index (χ3v) is 6.13. The van der Waals surface area contributed by atoms with Gasteiger partial charge in [-0.3, -0.25) is 14.5 Å². The zero-order chi connectivity index (χ0) is 17.8. The van der Waals surface area contributed by atoms with Crippen molar-refractivity contribution in [1.82, 2.24) is 14.7 Å². The van der Waals surface area contributed by atoms with Crippen LogP contribution in [0.5, 0.6) is 0 Å². The minimum Gasteiger partial charge on any atom is -0.378 e. The highest BCUT2D eigenvalue weighted by Crippen LogP contribution is 2.32. The zero-order valence-electron chi connectivity index (χ0n) is 16.2. The van der Waals surface area contributed by atoms with Crippen molar-refractivity contribution in [3.63, 3.8) is 0 Å². The number of hydrogen-bond donors (Lipinski definition) is 1. The Labute approximate surface area is 174 Å². The number of rotatable bonds is 4. The van der Waals surface area contributed by atoms with Crippen molar-refractivity contribution in [3.05, 3.63) is 0 Å². The summed E-state index contributed by atoms with van der Waals surface area (Å²) in [6, 6.07) is -0.126. The average Bonchev–Trinajstić information content (AvgIpc) is 3.16. The van der Waals surface area contributed by atoms with Crippen LogP contribution in [0, 0.1) is 11.8 Å². The maximum absolute atomic E-state index is 12.8. The molecule has 3 rings (SSSR count). The number of halogens is 2. The summed E-state index contributed by atoms with van der Waals surface area (Å²) in [5.41, 5.74) is 5.83. The first-order valence-electron chi connectivity index (χ1n) is 9.71. The van der Waals surface area contributed by atoms with E-state index < -0.39 is 0 Å². The van der Waals surface area contributed by atoms with E-state index in [1.807, 2.05) is 16.7 Å². The van der Waals surface area contributed by atoms with E-state index in [4.69, 9.17) is 10.5 Å². The largest absolute Gasteiger partial charge is 0.378 e. The van der Waals surface area contributed by atoms with Crippen LogP contribution in [0.1, 0.15) is 26.2 Å². The Kier molecular flexibility index (Phi) is 10.3. The number of nitrogens with zero attached hydrogens (tertiary/aromatic N) is 3. The number of carbonyl (C=O) groups excluding carboxylic acids is 2. The van der Waals surface area contributed by atoms with Crippen molar-refractivity contribution in [2.24, 2.45) is 17.6 Å². The number of amides is 2. The van der Waals surface area contributed by atoms with Crippen molar-refractivity contribution in [1.29, 1.82) is 0 Å². The Bertz CT molecular complexity index is 483. The first kappa shape index (κ1) is 24.4. The maximum Gasteiger partial charge on any atom is 0.239 e. The molecule has 3 atom stereocenters. The standard InChI is InChI=1S/C18H32N4O3.2ClH/c1-14(17(23)22-9-11-25-12-10-22)20-5-7-21(8-6-20)18(24)16-4-2-3-15(16)13-19;;/h14-16H,2-13,19H2,1H3;2*1H/t14?,15-,16-;;/m1../s1. The molecular formula is C18H34Cl2N4O3. The minimum atomic E-state index is -0.126. The lowest BCUT2D eigenvalue weighted by molar-refractivity contribution is -0.143. The van der Waals surface area contributed by atoms with Gasteiger partial charge in [-0.15, -0.1) is 24.8 Å². The third-order valence-electron chi connectivity index (χ3n) is 6.13. The molecule has 0 aromatic heterocycles. The fourth-order valence-electron chi connectivity index (χ4n) is 4.41. The van der Waals surface area contributed by atoms with Crippen LogP contribution >= 0.6 is 24.8 Å². The molecule has 0 aromatic rings. The molecule has 2 aliphatic heterocycles. The molecule has 0 spiro atoms. The van der Waals surface area contributed by atoms with Gasteiger partial charge in [0.05, 0.1) is 19.3 Å². The second kappa shape index (κ2) is 11.4. The highest BCUT2D eigenvalue weighted by atomic mass is 35.5. The second-order valence-corrected chi connectivity index (χ2v) is 7.51. The van der Waals surface area contributed by atoms with E-state index in [1.54, 1.807) is 0 Å². The molecule has 9 heteroatoms. The van der Waals surface area contributed by atoms with Crippen molar-refractivity contribution >= 4 is 36.6 Å². The first-order valence-corrected chi connectivity index (χ1v) is 9.71. The van der Waals surface area contributed by atoms with Crippen molar-refractivity contribution in [3.8, 4) is 0 Å². The van der Waals surface area contributed by atoms with Gasteiger partial charge in [0.15, 0.2) is 0 Å². The Morgan fingerprint density at radius 1 is 1.00 bits per heavy atom. The predicted octanol–water partition coefficient (Wildman–Crippen LogP) is 0.597. The van der Waals surface area contributed by atoms with E-state index in [1.165, 1.54) is 0 Å². The number of carbonyl (C=O) groups is 2. The maximum atomic E-state index is 12.8. The molecule has 1 unspecified atom stereocenters. The van der Waals surface area contributed by atoms with Gasteiger partial charge in [0.2, 0.25) is 11.8 Å². The van der Waals surface area contributed by atoms with Crippen molar-refractivity contribution < 1.29 is 14.3 Å². The van der Waals surface area contributed by atoms with E-state index in [0.29, 0.717) is 51.9 Å². The van der Waals surface area contributed by atoms with Crippen LogP contribution in [0.3, 0.4) is 0 Å². The summed E-state index contributed by atoms with van der Waals surface area (Å²) in [6.07, 6.45) is 3.17. The topological polar surface area (TPSA) is 79.1 Å². The second-order valence-electron chi connectivity index (χ2n) is 7.51. The molecule has 2 N–H and O–H groups in total. The van der Waals surface area contributed by atoms with E-state index >= 15 is 0 Å². The van der Waals surface area contributed by atoms with Crippen LogP contribution in [0.4, 0.5) is 0 Å². The van der Waals surface area contributed by atoms with Crippen LogP contribution < -0.4 is 5.73 Å². The number of ether oxygens (including phenoxy) is 1. The molecule has 27 heavy (non-hydrogen) atoms. The summed E-state index contributed by atoms with van der Waals surface area (Å²) < 4.78 is 5.32. The van der Waals surface area contributed by atoms with Gasteiger partial charge in [0.1, 0.15) is 0 Å². The average molecular weight is 425 g/mol. The predicted molar refractivity (Wildman–Crippen MR) is 109 cm³/mol. The summed E-state index contributed by atoms with van der Waals surface area (Å²) in [6.45, 7) is 8.19. The summed E-state index contributed by atoms with van der Waals surface area (Å²) in [5.74, 6) is 0.929. The Balaban J connectivity index is 0.00000182. The van der Waals surface area contributed by atoms with Gasteiger partial charge in [-0.05, 0) is 32.2 Å². The van der Waals surface area contributed by atoms with Crippen molar-refractivity contribution in [2.75, 3.05) is 59.0 Å². The molecule has 0 aromatic carbocycles. The fraction of sp³-hybridized carbons (Fsp3) is 0.889. The molecule has 2 saturated heterocycles. The number of morpholine rings is 1. The number of hydrogen-bond acceptors (Lipinski definition) is 5. The van der Waals surface area contributed by atoms with Crippen LogP contribution in [0.25, 0.3) is 0 Å². The molecule has 7 nitrogen and oxygen atoms in total. The van der Waals surface area contributed by atoms with Gasteiger partial charge >= 0.3 is 0 Å². The van der Waals surface area contributed by atoms with Crippen LogP contribution in [-0.4, -0.2) is 91.6 Å². The molecule has 3 fully saturated rings. The normalized spacial score (nSPS) is 27.5. The van der Waals surface area contributed by atoms with Gasteiger partial charge in [-0.1, -0.05) is 6.42 Å². The summed E-state index contributed by atoms with van der Waals surface area (Å²) >= 11 is 0. The Morgan fingerprint density at radius 2 is 1.63 bits per heavy atom. The lowest BCUT2D eigenvalue weighted by Gasteiger charge is -2.40. The van der Waals surface area contributed by atoms with E-state index in [2.05, 4.69) is 4.90 Å². The van der Waals surface area contributed by atoms with Crippen LogP contribution in [0.15, 0.2) is 0 Å². The Hall–Kier alpha value is -0.600. The molecule has 158 valence electrons. The molecule has 2 amide bonds. The third kappa shape index (κ3) is 5.70. The quantitative estimate of drug-likeness (QED) is 0.714. The zero-order valence-corrected chi connectivity index (χ0v) is 17.8. The molecule has 2 heterocycles. The lowest BCUT2D eigenvalue weighted by Crippen LogP contribution is -2.57. The molecule has 0 bridgehead atoms. The summed E-state index contributed by atoms with van der Waals surface area (Å²) in [4.78, 5) is 31.5. The van der Waals surface area contributed by atoms with E-state index in [-0.39, 0.29) is 48.6 Å². The summed E-state index contributed by atoms with van der Waals surface area (Å²) in [5, 5.41) is 0. The fourth-order valence-corrected chi connectivity index (χ4v) is 4.41. The van der Waals surface area contributed by atoms with Gasteiger partial charge in [-0.2, -0.15) is 0 Å². The molecular weight excluding hydrogens is 391 g/mol. The minimum absolute atomic E-state index is 0. The molecule has 1 aliphatic carbocycles. The van der Waals surface area contributed by atoms with Crippen molar-refractivity contribution in [2.45, 2.75) is 32.2 Å². The van der Waals surface area contributed by atoms with Gasteiger partial charge < -0.3 is 20.3 Å². The van der Waals surface area contributed by atoms with Gasteiger partial charge in [-0.25, -0.2) is 0 Å². The SMILES string of the molecule is CC(C(=O)N1CCOCC1)N1CCN(C(=O)[C@@H]2CCC[C@@H]2CN)CC1.Cl.Cl. The van der Waals surface area contributed by atoms with Gasteiger partial charge in [0.25, 0.3) is 0 Å². The highest BCUT2D eigenvalue weighted by Gasteiger charge is 2.37.